The molecule has 0 unspecified atom stereocenters. The molecule has 0 atom stereocenters. The highest BCUT2D eigenvalue weighted by molar-refractivity contribution is 7.16. The van der Waals surface area contributed by atoms with Crippen LogP contribution in [0.4, 0.5) is 17.1 Å². The summed E-state index contributed by atoms with van der Waals surface area (Å²) in [6.45, 7) is 10.9. The molecule has 5 aromatic rings. The Labute approximate surface area is 251 Å². The maximum Gasteiger partial charge on any atom is 0.131 e. The molecule has 1 aliphatic carbocycles. The Morgan fingerprint density at radius 2 is 1.43 bits per heavy atom. The van der Waals surface area contributed by atoms with E-state index in [0.717, 1.165) is 32.5 Å². The van der Waals surface area contributed by atoms with Crippen LogP contribution in [0.25, 0.3) is 27.8 Å². The number of allylic oxidation sites excluding steroid dienone is 1. The van der Waals surface area contributed by atoms with Gasteiger partial charge in [-0.1, -0.05) is 56.3 Å². The molecule has 1 aliphatic rings. The molecule has 0 spiro atoms. The van der Waals surface area contributed by atoms with E-state index < -0.39 is 0 Å². The summed E-state index contributed by atoms with van der Waals surface area (Å²) in [7, 11) is 0. The first kappa shape index (κ1) is 27.2. The molecule has 2 heterocycles. The molecule has 0 aliphatic heterocycles. The number of aromatic nitrogens is 1. The fourth-order valence-electron chi connectivity index (χ4n) is 5.75. The third-order valence-electron chi connectivity index (χ3n) is 8.37. The zero-order valence-corrected chi connectivity index (χ0v) is 25.2. The molecule has 0 amide bonds. The van der Waals surface area contributed by atoms with Crippen LogP contribution in [-0.4, -0.2) is 4.98 Å². The second-order valence-electron chi connectivity index (χ2n) is 11.3. The van der Waals surface area contributed by atoms with Crippen molar-refractivity contribution in [1.82, 2.24) is 4.98 Å². The average Bonchev–Trinajstić information content (AvgIpc) is 3.51. The zero-order valence-electron chi connectivity index (χ0n) is 24.4. The van der Waals surface area contributed by atoms with Gasteiger partial charge in [0.05, 0.1) is 22.5 Å². The van der Waals surface area contributed by atoms with Crippen molar-refractivity contribution in [1.29, 1.82) is 10.5 Å². The van der Waals surface area contributed by atoms with Gasteiger partial charge in [0.2, 0.25) is 0 Å². The number of fused-ring (bicyclic) bond motifs is 3. The van der Waals surface area contributed by atoms with Crippen LogP contribution >= 0.6 is 11.3 Å². The number of hydrogen-bond donors (Lipinski definition) is 0. The molecule has 2 aromatic heterocycles. The normalized spacial score (nSPS) is 12.5. The van der Waals surface area contributed by atoms with Crippen LogP contribution in [0.5, 0.6) is 0 Å². The van der Waals surface area contributed by atoms with Crippen molar-refractivity contribution >= 4 is 34.5 Å². The number of thiophene rings is 1. The number of aryl methyl sites for hydroxylation is 2. The molecule has 204 valence electrons. The second kappa shape index (κ2) is 10.5. The van der Waals surface area contributed by atoms with Gasteiger partial charge in [-0.2, -0.15) is 10.5 Å². The Balaban J connectivity index is 1.48. The van der Waals surface area contributed by atoms with Crippen LogP contribution < -0.4 is 4.90 Å². The van der Waals surface area contributed by atoms with Gasteiger partial charge in [-0.05, 0) is 102 Å². The largest absolute Gasteiger partial charge is 0.309 e. The van der Waals surface area contributed by atoms with E-state index in [2.05, 4.69) is 112 Å². The standard InChI is InChI=1S/C37H30N4S/c1-23-15-30(16-24(2)25(23)3)41(29-13-11-28(12-14-29)27-9-7-6-8-10-27)31-18-33-35(40-22-31)36-34(37(33,4)5)19-32(42-36)17-26(20-38)21-39/h6-19,22H,1-5H3. The van der Waals surface area contributed by atoms with Crippen LogP contribution in [-0.2, 0) is 5.41 Å². The summed E-state index contributed by atoms with van der Waals surface area (Å²) in [5, 5.41) is 18.5. The van der Waals surface area contributed by atoms with E-state index in [1.165, 1.54) is 38.9 Å². The minimum atomic E-state index is -0.280. The van der Waals surface area contributed by atoms with Crippen molar-refractivity contribution in [2.45, 2.75) is 40.0 Å². The monoisotopic (exact) mass is 562 g/mol. The van der Waals surface area contributed by atoms with Gasteiger partial charge < -0.3 is 4.90 Å². The molecule has 5 heteroatoms. The van der Waals surface area contributed by atoms with Gasteiger partial charge in [-0.25, -0.2) is 0 Å². The van der Waals surface area contributed by atoms with Crippen LogP contribution in [0.3, 0.4) is 0 Å². The fourth-order valence-corrected chi connectivity index (χ4v) is 7.03. The van der Waals surface area contributed by atoms with Crippen LogP contribution in [0, 0.1) is 43.4 Å². The number of nitriles is 2. The lowest BCUT2D eigenvalue weighted by atomic mass is 9.83. The molecule has 0 fully saturated rings. The first-order valence-electron chi connectivity index (χ1n) is 13.9. The fraction of sp³-hybridized carbons (Fsp3) is 0.162. The van der Waals surface area contributed by atoms with Gasteiger partial charge in [-0.3, -0.25) is 4.98 Å². The lowest BCUT2D eigenvalue weighted by Gasteiger charge is -2.28. The summed E-state index contributed by atoms with van der Waals surface area (Å²) < 4.78 is 0. The number of benzene rings is 3. The Hall–Kier alpha value is -4.97. The van der Waals surface area contributed by atoms with Gasteiger partial charge >= 0.3 is 0 Å². The summed E-state index contributed by atoms with van der Waals surface area (Å²) in [6.07, 6.45) is 3.63. The number of hydrogen-bond acceptors (Lipinski definition) is 5. The van der Waals surface area contributed by atoms with E-state index in [1.807, 2.05) is 24.4 Å². The maximum absolute atomic E-state index is 9.23. The number of rotatable bonds is 5. The maximum atomic E-state index is 9.23. The molecule has 0 N–H and O–H groups in total. The first-order valence-corrected chi connectivity index (χ1v) is 14.7. The molecular formula is C37H30N4S. The smallest absolute Gasteiger partial charge is 0.131 e. The van der Waals surface area contributed by atoms with Gasteiger partial charge in [-0.15, -0.1) is 11.3 Å². The van der Waals surface area contributed by atoms with Crippen molar-refractivity contribution < 1.29 is 0 Å². The molecule has 4 nitrogen and oxygen atoms in total. The molecule has 6 rings (SSSR count). The lowest BCUT2D eigenvalue weighted by Crippen LogP contribution is -2.17. The summed E-state index contributed by atoms with van der Waals surface area (Å²) in [4.78, 5) is 9.34. The summed E-state index contributed by atoms with van der Waals surface area (Å²) in [6, 6.07) is 32.0. The Bertz CT molecular complexity index is 1910. The van der Waals surface area contributed by atoms with Crippen molar-refractivity contribution in [3.63, 3.8) is 0 Å². The van der Waals surface area contributed by atoms with Gasteiger partial charge in [0.1, 0.15) is 17.7 Å². The average molecular weight is 563 g/mol. The van der Waals surface area contributed by atoms with E-state index in [-0.39, 0.29) is 11.0 Å². The zero-order chi connectivity index (χ0) is 29.6. The van der Waals surface area contributed by atoms with E-state index in [9.17, 15) is 10.5 Å². The number of pyridine rings is 1. The predicted octanol–water partition coefficient (Wildman–Crippen LogP) is 9.94. The van der Waals surface area contributed by atoms with Gasteiger partial charge in [0, 0.05) is 21.7 Å². The SMILES string of the molecule is Cc1cc(N(c2ccc(-c3ccccc3)cc2)c2cnc3c(c2)C(C)(C)c2cc(C=C(C#N)C#N)sc2-3)cc(C)c1C. The van der Waals surface area contributed by atoms with Crippen molar-refractivity contribution in [2.24, 2.45) is 0 Å². The minimum Gasteiger partial charge on any atom is -0.309 e. The number of nitrogens with zero attached hydrogens (tertiary/aromatic N) is 4. The van der Waals surface area contributed by atoms with Crippen molar-refractivity contribution in [2.75, 3.05) is 4.90 Å². The minimum absolute atomic E-state index is 0.105. The molecule has 3 aromatic carbocycles. The molecule has 0 saturated heterocycles. The first-order chi connectivity index (χ1) is 20.2. The van der Waals surface area contributed by atoms with E-state index >= 15 is 0 Å². The van der Waals surface area contributed by atoms with Gasteiger partial charge in [0.15, 0.2) is 0 Å². The van der Waals surface area contributed by atoms with E-state index in [4.69, 9.17) is 4.98 Å². The van der Waals surface area contributed by atoms with Crippen LogP contribution in [0.2, 0.25) is 0 Å². The van der Waals surface area contributed by atoms with Crippen LogP contribution in [0.15, 0.2) is 90.6 Å². The summed E-state index contributed by atoms with van der Waals surface area (Å²) in [5.74, 6) is 0. The Kier molecular flexibility index (Phi) is 6.77. The predicted molar refractivity (Wildman–Crippen MR) is 173 cm³/mol. The molecule has 0 saturated carbocycles. The molecular weight excluding hydrogens is 533 g/mol. The molecule has 0 bridgehead atoms. The third kappa shape index (κ3) is 4.59. The lowest BCUT2D eigenvalue weighted by molar-refractivity contribution is 0.660. The van der Waals surface area contributed by atoms with E-state index in [0.29, 0.717) is 0 Å². The highest BCUT2D eigenvalue weighted by Crippen LogP contribution is 2.53. The van der Waals surface area contributed by atoms with E-state index in [1.54, 1.807) is 17.4 Å². The second-order valence-corrected chi connectivity index (χ2v) is 12.4. The van der Waals surface area contributed by atoms with Crippen LogP contribution in [0.1, 0.15) is 46.5 Å². The highest BCUT2D eigenvalue weighted by Gasteiger charge is 2.39. The topological polar surface area (TPSA) is 63.7 Å². The van der Waals surface area contributed by atoms with Crippen molar-refractivity contribution in [3.8, 4) is 33.8 Å². The van der Waals surface area contributed by atoms with Gasteiger partial charge in [0.25, 0.3) is 0 Å². The number of anilines is 3. The summed E-state index contributed by atoms with van der Waals surface area (Å²) >= 11 is 1.58. The highest BCUT2D eigenvalue weighted by atomic mass is 32.1. The molecule has 0 radical (unpaired) electrons. The Morgan fingerprint density at radius 1 is 0.786 bits per heavy atom. The Morgan fingerprint density at radius 3 is 2.07 bits per heavy atom. The molecule has 42 heavy (non-hydrogen) atoms. The van der Waals surface area contributed by atoms with Crippen molar-refractivity contribution in [3.05, 3.63) is 123 Å². The third-order valence-corrected chi connectivity index (χ3v) is 9.46. The quantitative estimate of drug-likeness (QED) is 0.200. The summed E-state index contributed by atoms with van der Waals surface area (Å²) in [5.41, 5.74) is 12.5.